The van der Waals surface area contributed by atoms with Gasteiger partial charge in [-0.15, -0.1) is 0 Å². The van der Waals surface area contributed by atoms with E-state index in [4.69, 9.17) is 4.74 Å². The number of rotatable bonds is 4. The summed E-state index contributed by atoms with van der Waals surface area (Å²) in [7, 11) is 0. The molecule has 0 radical (unpaired) electrons. The predicted octanol–water partition coefficient (Wildman–Crippen LogP) is 5.65. The van der Waals surface area contributed by atoms with Gasteiger partial charge in [0.1, 0.15) is 5.75 Å². The fourth-order valence-electron chi connectivity index (χ4n) is 4.05. The Morgan fingerprint density at radius 1 is 1.11 bits per heavy atom. The Labute approximate surface area is 165 Å². The van der Waals surface area contributed by atoms with E-state index in [-0.39, 0.29) is 11.8 Å². The third-order valence-corrected chi connectivity index (χ3v) is 5.62. The molecule has 2 N–H and O–H groups in total. The summed E-state index contributed by atoms with van der Waals surface area (Å²) in [6.45, 7) is 1.96. The maximum absolute atomic E-state index is 12.6. The van der Waals surface area contributed by atoms with E-state index in [0.717, 1.165) is 12.0 Å². The van der Waals surface area contributed by atoms with Crippen molar-refractivity contribution < 1.29 is 14.3 Å². The normalized spacial score (nSPS) is 16.2. The predicted molar refractivity (Wildman–Crippen MR) is 110 cm³/mol. The summed E-state index contributed by atoms with van der Waals surface area (Å²) in [6, 6.07) is 10.9. The number of benzene rings is 2. The van der Waals surface area contributed by atoms with Crippen LogP contribution in [0, 0.1) is 12.8 Å². The summed E-state index contributed by atoms with van der Waals surface area (Å²) >= 11 is 0. The Kier molecular flexibility index (Phi) is 5.33. The summed E-state index contributed by atoms with van der Waals surface area (Å²) in [6.07, 6.45) is 7.84. The molecular weight excluding hydrogens is 352 g/mol. The Hall–Kier alpha value is -2.82. The summed E-state index contributed by atoms with van der Waals surface area (Å²) < 4.78 is 5.92. The number of nitrogens with one attached hydrogen (secondary N) is 2. The highest BCUT2D eigenvalue weighted by Crippen LogP contribution is 2.37. The van der Waals surface area contributed by atoms with Crippen molar-refractivity contribution in [3.63, 3.8) is 0 Å². The zero-order valence-electron chi connectivity index (χ0n) is 16.2. The summed E-state index contributed by atoms with van der Waals surface area (Å²) in [5.74, 6) is 1.53. The van der Waals surface area contributed by atoms with Gasteiger partial charge in [-0.05, 0) is 55.2 Å². The van der Waals surface area contributed by atoms with E-state index in [1.165, 1.54) is 32.1 Å². The monoisotopic (exact) mass is 378 g/mol. The lowest BCUT2D eigenvalue weighted by Crippen LogP contribution is -2.16. The summed E-state index contributed by atoms with van der Waals surface area (Å²) in [5.41, 5.74) is 2.73. The van der Waals surface area contributed by atoms with Crippen molar-refractivity contribution in [2.75, 3.05) is 10.6 Å². The molecule has 146 valence electrons. The van der Waals surface area contributed by atoms with E-state index in [2.05, 4.69) is 10.6 Å². The lowest BCUT2D eigenvalue weighted by Gasteiger charge is -2.21. The number of ether oxygens (including phenoxy) is 1. The van der Waals surface area contributed by atoms with Crippen molar-refractivity contribution >= 4 is 23.2 Å². The van der Waals surface area contributed by atoms with Gasteiger partial charge >= 0.3 is 0 Å². The molecule has 0 unspecified atom stereocenters. The molecule has 28 heavy (non-hydrogen) atoms. The number of amides is 2. The number of anilines is 2. The Morgan fingerprint density at radius 2 is 1.89 bits per heavy atom. The van der Waals surface area contributed by atoms with Gasteiger partial charge in [0.05, 0.1) is 11.3 Å². The van der Waals surface area contributed by atoms with Crippen LogP contribution in [0.15, 0.2) is 36.4 Å². The molecule has 4 rings (SSSR count). The Bertz CT molecular complexity index is 901. The maximum Gasteiger partial charge on any atom is 0.259 e. The minimum Gasteiger partial charge on any atom is -0.454 e. The molecule has 5 heteroatoms. The van der Waals surface area contributed by atoms with E-state index in [1.807, 2.05) is 25.1 Å². The number of aryl methyl sites for hydroxylation is 1. The highest BCUT2D eigenvalue weighted by Gasteiger charge is 2.22. The molecule has 0 aromatic heterocycles. The first-order valence-corrected chi connectivity index (χ1v) is 10.1. The Morgan fingerprint density at radius 3 is 2.71 bits per heavy atom. The zero-order valence-corrected chi connectivity index (χ0v) is 16.2. The first-order valence-electron chi connectivity index (χ1n) is 10.1. The molecule has 5 nitrogen and oxygen atoms in total. The molecule has 1 heterocycles. The van der Waals surface area contributed by atoms with Crippen molar-refractivity contribution in [3.05, 3.63) is 47.5 Å². The maximum atomic E-state index is 12.6. The van der Waals surface area contributed by atoms with Crippen molar-refractivity contribution in [1.29, 1.82) is 0 Å². The van der Waals surface area contributed by atoms with Gasteiger partial charge in [-0.1, -0.05) is 38.2 Å². The average molecular weight is 378 g/mol. The second-order valence-electron chi connectivity index (χ2n) is 7.86. The molecule has 2 aliphatic rings. The van der Waals surface area contributed by atoms with Crippen LogP contribution in [0.1, 0.15) is 60.9 Å². The zero-order chi connectivity index (χ0) is 19.5. The van der Waals surface area contributed by atoms with Crippen LogP contribution >= 0.6 is 0 Å². The first kappa shape index (κ1) is 18.5. The minimum atomic E-state index is -0.238. The smallest absolute Gasteiger partial charge is 0.259 e. The molecule has 1 aliphatic carbocycles. The van der Waals surface area contributed by atoms with Gasteiger partial charge in [-0.25, -0.2) is 0 Å². The van der Waals surface area contributed by atoms with E-state index < -0.39 is 0 Å². The standard InChI is InChI=1S/C23H26N2O3/c1-15-7-10-21-19(13-15)25-23(27)18-14-17(9-11-20(18)28-21)24-22(26)12-8-16-5-3-2-4-6-16/h7,9-11,13-14,16H,2-6,8,12H2,1H3,(H,24,26)(H,25,27). The molecule has 2 aromatic rings. The number of hydrogen-bond acceptors (Lipinski definition) is 3. The lowest BCUT2D eigenvalue weighted by atomic mass is 9.86. The van der Waals surface area contributed by atoms with E-state index >= 15 is 0 Å². The number of hydrogen-bond donors (Lipinski definition) is 2. The van der Waals surface area contributed by atoms with Crippen LogP contribution in [0.4, 0.5) is 11.4 Å². The van der Waals surface area contributed by atoms with Crippen molar-refractivity contribution in [1.82, 2.24) is 0 Å². The van der Waals surface area contributed by atoms with Gasteiger partial charge in [0.15, 0.2) is 5.75 Å². The van der Waals surface area contributed by atoms with Crippen LogP contribution < -0.4 is 15.4 Å². The summed E-state index contributed by atoms with van der Waals surface area (Å²) in [5, 5.41) is 5.82. The molecule has 0 atom stereocenters. The molecule has 2 aromatic carbocycles. The van der Waals surface area contributed by atoms with Crippen molar-refractivity contribution in [2.45, 2.75) is 51.9 Å². The molecule has 0 saturated heterocycles. The van der Waals surface area contributed by atoms with Gasteiger partial charge in [0.2, 0.25) is 5.91 Å². The topological polar surface area (TPSA) is 67.4 Å². The van der Waals surface area contributed by atoms with Crippen LogP contribution in [-0.2, 0) is 4.79 Å². The number of carbonyl (C=O) groups excluding carboxylic acids is 2. The first-order chi connectivity index (χ1) is 13.6. The number of fused-ring (bicyclic) bond motifs is 2. The second kappa shape index (κ2) is 8.05. The van der Waals surface area contributed by atoms with Gasteiger partial charge in [0, 0.05) is 12.1 Å². The van der Waals surface area contributed by atoms with Crippen LogP contribution in [0.2, 0.25) is 0 Å². The van der Waals surface area contributed by atoms with Gasteiger partial charge in [-0.2, -0.15) is 0 Å². The molecule has 0 spiro atoms. The van der Waals surface area contributed by atoms with Crippen LogP contribution in [0.3, 0.4) is 0 Å². The highest BCUT2D eigenvalue weighted by atomic mass is 16.5. The molecule has 0 bridgehead atoms. The minimum absolute atomic E-state index is 0.000571. The van der Waals surface area contributed by atoms with E-state index in [0.29, 0.717) is 40.8 Å². The van der Waals surface area contributed by atoms with Gasteiger partial charge < -0.3 is 15.4 Å². The lowest BCUT2D eigenvalue weighted by molar-refractivity contribution is -0.116. The average Bonchev–Trinajstić information content (AvgIpc) is 2.83. The molecule has 1 saturated carbocycles. The SMILES string of the molecule is Cc1ccc2c(c1)NC(=O)c1cc(NC(=O)CCC3CCCCC3)ccc1O2. The third-order valence-electron chi connectivity index (χ3n) is 5.62. The highest BCUT2D eigenvalue weighted by molar-refractivity contribution is 6.09. The second-order valence-corrected chi connectivity index (χ2v) is 7.86. The fourth-order valence-corrected chi connectivity index (χ4v) is 4.05. The van der Waals surface area contributed by atoms with Crippen LogP contribution in [0.5, 0.6) is 11.5 Å². The fraction of sp³-hybridized carbons (Fsp3) is 0.391. The molecular formula is C23H26N2O3. The van der Waals surface area contributed by atoms with E-state index in [9.17, 15) is 9.59 Å². The largest absolute Gasteiger partial charge is 0.454 e. The quantitative estimate of drug-likeness (QED) is 0.722. The Balaban J connectivity index is 1.44. The van der Waals surface area contributed by atoms with Gasteiger partial charge in [0.25, 0.3) is 5.91 Å². The third kappa shape index (κ3) is 4.19. The van der Waals surface area contributed by atoms with E-state index in [1.54, 1.807) is 18.2 Å². The van der Waals surface area contributed by atoms with Gasteiger partial charge in [-0.3, -0.25) is 9.59 Å². The molecule has 2 amide bonds. The van der Waals surface area contributed by atoms with Crippen LogP contribution in [0.25, 0.3) is 0 Å². The molecule has 1 aliphatic heterocycles. The number of carbonyl (C=O) groups is 2. The van der Waals surface area contributed by atoms with Crippen molar-refractivity contribution in [3.8, 4) is 11.5 Å². The molecule has 1 fully saturated rings. The summed E-state index contributed by atoms with van der Waals surface area (Å²) in [4.78, 5) is 25.0. The van der Waals surface area contributed by atoms with Crippen LogP contribution in [-0.4, -0.2) is 11.8 Å². The van der Waals surface area contributed by atoms with Crippen molar-refractivity contribution in [2.24, 2.45) is 5.92 Å².